The lowest BCUT2D eigenvalue weighted by molar-refractivity contribution is -0.115. The summed E-state index contributed by atoms with van der Waals surface area (Å²) in [4.78, 5) is 38.3. The number of amides is 3. The Kier molecular flexibility index (Phi) is 6.14. The van der Waals surface area contributed by atoms with Gasteiger partial charge in [-0.1, -0.05) is 24.3 Å². The number of hydrogen-bond acceptors (Lipinski definition) is 5. The van der Waals surface area contributed by atoms with E-state index in [0.717, 1.165) is 32.6 Å². The van der Waals surface area contributed by atoms with Crippen molar-refractivity contribution in [1.29, 1.82) is 0 Å². The summed E-state index contributed by atoms with van der Waals surface area (Å²) in [5.74, 6) is -0.362. The third-order valence-electron chi connectivity index (χ3n) is 4.42. The lowest BCUT2D eigenvalue weighted by Crippen LogP contribution is -2.45. The zero-order chi connectivity index (χ0) is 21.2. The van der Waals surface area contributed by atoms with Crippen molar-refractivity contribution in [3.63, 3.8) is 0 Å². The van der Waals surface area contributed by atoms with Crippen LogP contribution in [0.1, 0.15) is 31.2 Å². The minimum absolute atomic E-state index is 0.351. The first-order chi connectivity index (χ1) is 13.6. The van der Waals surface area contributed by atoms with Crippen LogP contribution in [0.25, 0.3) is 16.5 Å². The molecule has 1 saturated heterocycles. The Balaban J connectivity index is 1.74. The lowest BCUT2D eigenvalue weighted by Gasteiger charge is -2.33. The first-order valence-corrected chi connectivity index (χ1v) is 10.7. The maximum absolute atomic E-state index is 11.7. The van der Waals surface area contributed by atoms with Gasteiger partial charge in [0.25, 0.3) is 11.1 Å². The molecule has 0 aliphatic carbocycles. The number of carbonyl (C=O) groups is 3. The van der Waals surface area contributed by atoms with Gasteiger partial charge in [0.1, 0.15) is 0 Å². The summed E-state index contributed by atoms with van der Waals surface area (Å²) in [6, 6.07) is 11.9. The summed E-state index contributed by atoms with van der Waals surface area (Å²) in [5, 5.41) is 11.3. The molecule has 152 valence electrons. The second kappa shape index (κ2) is 8.42. The van der Waals surface area contributed by atoms with Crippen molar-refractivity contribution in [2.75, 3.05) is 6.54 Å². The van der Waals surface area contributed by atoms with Gasteiger partial charge < -0.3 is 10.0 Å². The highest BCUT2D eigenvalue weighted by Crippen LogP contribution is 2.33. The molecule has 3 rings (SSSR count). The van der Waals surface area contributed by atoms with E-state index in [9.17, 15) is 19.5 Å². The molecule has 2 heterocycles. The average molecular weight is 431 g/mol. The fourth-order valence-corrected chi connectivity index (χ4v) is 4.67. The maximum Gasteiger partial charge on any atom is 0.407 e. The smallest absolute Gasteiger partial charge is 0.407 e. The molecule has 3 amide bonds. The molecule has 1 aromatic carbocycles. The van der Waals surface area contributed by atoms with Gasteiger partial charge in [0.15, 0.2) is 0 Å². The molecule has 1 aliphatic rings. The van der Waals surface area contributed by atoms with Crippen LogP contribution >= 0.6 is 23.1 Å². The van der Waals surface area contributed by atoms with Crippen LogP contribution in [-0.4, -0.2) is 39.3 Å². The van der Waals surface area contributed by atoms with Gasteiger partial charge in [0.2, 0.25) is 0 Å². The first-order valence-electron chi connectivity index (χ1n) is 9.08. The number of carbonyl (C=O) groups excluding carboxylic acids is 2. The molecular weight excluding hydrogens is 408 g/mol. The number of carboxylic acid groups (broad SMARTS) is 1. The molecule has 29 heavy (non-hydrogen) atoms. The molecule has 0 bridgehead atoms. The topological polar surface area (TPSA) is 86.7 Å². The molecule has 0 unspecified atom stereocenters. The summed E-state index contributed by atoms with van der Waals surface area (Å²) >= 11 is 2.44. The number of hydrogen-bond donors (Lipinski definition) is 2. The molecule has 1 aromatic heterocycles. The molecule has 2 aromatic rings. The number of benzene rings is 1. The number of nitrogens with one attached hydrogen (secondary N) is 1. The summed E-state index contributed by atoms with van der Waals surface area (Å²) in [5.41, 5.74) is 1.64. The Hall–Kier alpha value is -2.58. The van der Waals surface area contributed by atoms with E-state index < -0.39 is 11.6 Å². The predicted octanol–water partition coefficient (Wildman–Crippen LogP) is 5.06. The number of imide groups is 1. The lowest BCUT2D eigenvalue weighted by atomic mass is 10.0. The fraction of sp³-hybridized carbons (Fsp3) is 0.286. The zero-order valence-corrected chi connectivity index (χ0v) is 18.0. The van der Waals surface area contributed by atoms with Crippen molar-refractivity contribution in [3.05, 3.63) is 51.7 Å². The Labute approximate surface area is 177 Å². The molecule has 1 fully saturated rings. The summed E-state index contributed by atoms with van der Waals surface area (Å²) < 4.78 is 0. The third kappa shape index (κ3) is 5.27. The Morgan fingerprint density at radius 2 is 1.97 bits per heavy atom. The van der Waals surface area contributed by atoms with E-state index in [-0.39, 0.29) is 11.1 Å². The summed E-state index contributed by atoms with van der Waals surface area (Å²) in [6.07, 6.45) is 1.42. The SMILES string of the molecule is CC(C)(C)N(CCc1cccc(-c2ccc(C=C3SC(=O)NC3=O)s2)c1)C(=O)O. The number of thiophene rings is 1. The van der Waals surface area contributed by atoms with Gasteiger partial charge in [-0.25, -0.2) is 4.79 Å². The van der Waals surface area contributed by atoms with Crippen LogP contribution in [0.4, 0.5) is 9.59 Å². The van der Waals surface area contributed by atoms with E-state index in [1.54, 1.807) is 6.08 Å². The van der Waals surface area contributed by atoms with Crippen molar-refractivity contribution >= 4 is 46.4 Å². The highest BCUT2D eigenvalue weighted by molar-refractivity contribution is 8.18. The standard InChI is InChI=1S/C21H22N2O4S2/c1-21(2,3)23(20(26)27)10-9-13-5-4-6-14(11-13)16-8-7-15(28-16)12-17-18(24)22-19(25)29-17/h4-8,11-12H,9-10H2,1-3H3,(H,26,27)(H,22,24,25). The second-order valence-electron chi connectivity index (χ2n) is 7.61. The van der Waals surface area contributed by atoms with Gasteiger partial charge in [0.05, 0.1) is 4.91 Å². The molecule has 0 radical (unpaired) electrons. The zero-order valence-electron chi connectivity index (χ0n) is 16.4. The van der Waals surface area contributed by atoms with Crippen LogP contribution in [0.15, 0.2) is 41.3 Å². The van der Waals surface area contributed by atoms with Gasteiger partial charge in [0, 0.05) is 21.8 Å². The largest absolute Gasteiger partial charge is 0.465 e. The Morgan fingerprint density at radius 3 is 2.59 bits per heavy atom. The molecule has 0 atom stereocenters. The fourth-order valence-electron chi connectivity index (χ4n) is 2.97. The van der Waals surface area contributed by atoms with Gasteiger partial charge in [-0.15, -0.1) is 11.3 Å². The van der Waals surface area contributed by atoms with Crippen molar-refractivity contribution in [2.24, 2.45) is 0 Å². The average Bonchev–Trinajstić information content (AvgIpc) is 3.20. The quantitative estimate of drug-likeness (QED) is 0.648. The Morgan fingerprint density at radius 1 is 1.21 bits per heavy atom. The highest BCUT2D eigenvalue weighted by atomic mass is 32.2. The van der Waals surface area contributed by atoms with Crippen molar-refractivity contribution in [3.8, 4) is 10.4 Å². The van der Waals surface area contributed by atoms with Gasteiger partial charge in [-0.05, 0) is 68.3 Å². The third-order valence-corrected chi connectivity index (χ3v) is 6.31. The minimum atomic E-state index is -0.920. The Bertz CT molecular complexity index is 989. The van der Waals surface area contributed by atoms with Crippen molar-refractivity contribution < 1.29 is 19.5 Å². The van der Waals surface area contributed by atoms with Gasteiger partial charge in [-0.3, -0.25) is 14.9 Å². The number of rotatable bonds is 5. The van der Waals surface area contributed by atoms with Crippen LogP contribution in [0.2, 0.25) is 0 Å². The summed E-state index contributed by atoms with van der Waals surface area (Å²) in [7, 11) is 0. The highest BCUT2D eigenvalue weighted by Gasteiger charge is 2.26. The predicted molar refractivity (Wildman–Crippen MR) is 117 cm³/mol. The van der Waals surface area contributed by atoms with E-state index in [1.807, 2.05) is 51.1 Å². The van der Waals surface area contributed by atoms with E-state index in [0.29, 0.717) is 17.9 Å². The van der Waals surface area contributed by atoms with Crippen LogP contribution in [-0.2, 0) is 11.2 Å². The molecule has 0 saturated carbocycles. The monoisotopic (exact) mass is 430 g/mol. The van der Waals surface area contributed by atoms with E-state index in [4.69, 9.17) is 0 Å². The van der Waals surface area contributed by atoms with Crippen LogP contribution in [0.5, 0.6) is 0 Å². The normalized spacial score (nSPS) is 15.6. The molecule has 8 heteroatoms. The molecule has 2 N–H and O–H groups in total. The van der Waals surface area contributed by atoms with Gasteiger partial charge in [-0.2, -0.15) is 0 Å². The molecule has 1 aliphatic heterocycles. The van der Waals surface area contributed by atoms with Gasteiger partial charge >= 0.3 is 6.09 Å². The van der Waals surface area contributed by atoms with E-state index >= 15 is 0 Å². The first kappa shape index (κ1) is 21.1. The maximum atomic E-state index is 11.7. The number of nitrogens with zero attached hydrogens (tertiary/aromatic N) is 1. The van der Waals surface area contributed by atoms with E-state index in [2.05, 4.69) is 11.4 Å². The van der Waals surface area contributed by atoms with Crippen molar-refractivity contribution in [1.82, 2.24) is 10.2 Å². The minimum Gasteiger partial charge on any atom is -0.465 e. The van der Waals surface area contributed by atoms with Crippen LogP contribution in [0, 0.1) is 0 Å². The number of thioether (sulfide) groups is 1. The summed E-state index contributed by atoms with van der Waals surface area (Å²) in [6.45, 7) is 6.07. The van der Waals surface area contributed by atoms with Crippen LogP contribution < -0.4 is 5.32 Å². The molecular formula is C21H22N2O4S2. The molecule has 6 nitrogen and oxygen atoms in total. The van der Waals surface area contributed by atoms with Crippen molar-refractivity contribution in [2.45, 2.75) is 32.7 Å². The van der Waals surface area contributed by atoms with Crippen LogP contribution in [0.3, 0.4) is 0 Å². The van der Waals surface area contributed by atoms with E-state index in [1.165, 1.54) is 16.2 Å². The second-order valence-corrected chi connectivity index (χ2v) is 9.74. The molecule has 0 spiro atoms.